The van der Waals surface area contributed by atoms with E-state index < -0.39 is 0 Å². The van der Waals surface area contributed by atoms with Gasteiger partial charge < -0.3 is 5.32 Å². The molecule has 0 aliphatic heterocycles. The van der Waals surface area contributed by atoms with Crippen molar-refractivity contribution in [2.24, 2.45) is 0 Å². The minimum atomic E-state index is 0.468. The lowest BCUT2D eigenvalue weighted by atomic mass is 9.92. The van der Waals surface area contributed by atoms with Crippen LogP contribution in [0.15, 0.2) is 30.5 Å². The van der Waals surface area contributed by atoms with Crippen molar-refractivity contribution in [1.82, 2.24) is 10.3 Å². The maximum absolute atomic E-state index is 4.52. The number of hydrogen-bond acceptors (Lipinski definition) is 2. The molecular weight excluding hydrogens is 196 g/mol. The summed E-state index contributed by atoms with van der Waals surface area (Å²) in [6.45, 7) is 3.11. The van der Waals surface area contributed by atoms with Crippen molar-refractivity contribution >= 4 is 0 Å². The minimum absolute atomic E-state index is 0.468. The van der Waals surface area contributed by atoms with Gasteiger partial charge in [0.25, 0.3) is 0 Å². The second-order valence-electron chi connectivity index (χ2n) is 4.30. The zero-order valence-electron chi connectivity index (χ0n) is 9.95. The van der Waals surface area contributed by atoms with Crippen LogP contribution in [0.25, 0.3) is 0 Å². The summed E-state index contributed by atoms with van der Waals surface area (Å²) in [7, 11) is 0. The number of hydrogen-bond donors (Lipinski definition) is 1. The maximum atomic E-state index is 4.52. The first kappa shape index (κ1) is 11.3. The molecular formula is C14H20N2. The summed E-state index contributed by atoms with van der Waals surface area (Å²) in [5.41, 5.74) is 2.70. The van der Waals surface area contributed by atoms with Crippen molar-refractivity contribution < 1.29 is 0 Å². The molecule has 1 aliphatic rings. The Morgan fingerprint density at radius 3 is 3.38 bits per heavy atom. The van der Waals surface area contributed by atoms with Gasteiger partial charge in [-0.15, -0.1) is 0 Å². The van der Waals surface area contributed by atoms with Crippen LogP contribution >= 0.6 is 0 Å². The molecule has 1 aliphatic carbocycles. The summed E-state index contributed by atoms with van der Waals surface area (Å²) >= 11 is 0. The van der Waals surface area contributed by atoms with Crippen LogP contribution in [0.4, 0.5) is 0 Å². The fraction of sp³-hybridized carbons (Fsp3) is 0.500. The SMILES string of the molecule is C/C=C/CCNC1CCCc2cccnc21. The molecule has 2 nitrogen and oxygen atoms in total. The zero-order chi connectivity index (χ0) is 11.2. The Balaban J connectivity index is 1.96. The lowest BCUT2D eigenvalue weighted by molar-refractivity contribution is 0.453. The van der Waals surface area contributed by atoms with Crippen LogP contribution in [0.3, 0.4) is 0 Å². The van der Waals surface area contributed by atoms with E-state index in [2.05, 4.69) is 35.4 Å². The average molecular weight is 216 g/mol. The molecule has 86 valence electrons. The molecule has 0 saturated heterocycles. The Labute approximate surface area is 97.8 Å². The van der Waals surface area contributed by atoms with Crippen molar-refractivity contribution in [1.29, 1.82) is 0 Å². The van der Waals surface area contributed by atoms with E-state index in [1.807, 2.05) is 12.3 Å². The van der Waals surface area contributed by atoms with E-state index in [9.17, 15) is 0 Å². The molecule has 0 saturated carbocycles. The molecule has 2 heteroatoms. The van der Waals surface area contributed by atoms with Gasteiger partial charge in [-0.1, -0.05) is 18.2 Å². The highest BCUT2D eigenvalue weighted by Gasteiger charge is 2.19. The third-order valence-electron chi connectivity index (χ3n) is 3.13. The molecule has 2 rings (SSSR count). The van der Waals surface area contributed by atoms with Gasteiger partial charge in [0.15, 0.2) is 0 Å². The molecule has 1 aromatic rings. The number of fused-ring (bicyclic) bond motifs is 1. The second-order valence-corrected chi connectivity index (χ2v) is 4.30. The molecule has 0 radical (unpaired) electrons. The highest BCUT2D eigenvalue weighted by molar-refractivity contribution is 5.25. The number of aromatic nitrogens is 1. The number of pyridine rings is 1. The van der Waals surface area contributed by atoms with Gasteiger partial charge in [0.2, 0.25) is 0 Å². The van der Waals surface area contributed by atoms with Crippen LogP contribution < -0.4 is 5.32 Å². The first-order chi connectivity index (χ1) is 7.92. The number of allylic oxidation sites excluding steroid dienone is 1. The summed E-state index contributed by atoms with van der Waals surface area (Å²) in [6, 6.07) is 4.72. The molecule has 1 atom stereocenters. The molecule has 1 N–H and O–H groups in total. The Hall–Kier alpha value is -1.15. The summed E-state index contributed by atoms with van der Waals surface area (Å²) in [5.74, 6) is 0. The van der Waals surface area contributed by atoms with Crippen LogP contribution in [-0.4, -0.2) is 11.5 Å². The normalized spacial score (nSPS) is 19.9. The molecule has 0 fully saturated rings. The molecule has 0 bridgehead atoms. The van der Waals surface area contributed by atoms with Crippen LogP contribution in [0.2, 0.25) is 0 Å². The van der Waals surface area contributed by atoms with Crippen LogP contribution in [0.5, 0.6) is 0 Å². The summed E-state index contributed by atoms with van der Waals surface area (Å²) in [4.78, 5) is 4.52. The van der Waals surface area contributed by atoms with Crippen molar-refractivity contribution in [3.8, 4) is 0 Å². The van der Waals surface area contributed by atoms with Crippen molar-refractivity contribution in [2.45, 2.75) is 38.6 Å². The molecule has 0 aromatic carbocycles. The molecule has 1 heterocycles. The summed E-state index contributed by atoms with van der Waals surface area (Å²) in [5, 5.41) is 3.60. The van der Waals surface area contributed by atoms with Crippen molar-refractivity contribution in [3.63, 3.8) is 0 Å². The molecule has 0 spiro atoms. The van der Waals surface area contributed by atoms with Gasteiger partial charge in [-0.3, -0.25) is 4.98 Å². The van der Waals surface area contributed by atoms with E-state index in [1.54, 1.807) is 0 Å². The number of aryl methyl sites for hydroxylation is 1. The fourth-order valence-corrected chi connectivity index (χ4v) is 2.32. The topological polar surface area (TPSA) is 24.9 Å². The van der Waals surface area contributed by atoms with Crippen LogP contribution in [0, 0.1) is 0 Å². The highest BCUT2D eigenvalue weighted by Crippen LogP contribution is 2.27. The third-order valence-corrected chi connectivity index (χ3v) is 3.13. The summed E-state index contributed by atoms with van der Waals surface area (Å²) < 4.78 is 0. The molecule has 0 amide bonds. The predicted molar refractivity (Wildman–Crippen MR) is 67.3 cm³/mol. The zero-order valence-corrected chi connectivity index (χ0v) is 9.95. The largest absolute Gasteiger partial charge is 0.308 e. The molecule has 16 heavy (non-hydrogen) atoms. The van der Waals surface area contributed by atoms with Gasteiger partial charge in [0, 0.05) is 12.2 Å². The van der Waals surface area contributed by atoms with E-state index in [-0.39, 0.29) is 0 Å². The Kier molecular flexibility index (Phi) is 4.11. The third kappa shape index (κ3) is 2.70. The monoisotopic (exact) mass is 216 g/mol. The van der Waals surface area contributed by atoms with E-state index >= 15 is 0 Å². The fourth-order valence-electron chi connectivity index (χ4n) is 2.32. The Bertz CT molecular complexity index is 358. The average Bonchev–Trinajstić information content (AvgIpc) is 2.35. The number of rotatable bonds is 4. The maximum Gasteiger partial charge on any atom is 0.0605 e. The van der Waals surface area contributed by atoms with E-state index in [1.165, 1.54) is 30.5 Å². The highest BCUT2D eigenvalue weighted by atomic mass is 14.9. The lowest BCUT2D eigenvalue weighted by Gasteiger charge is -2.25. The van der Waals surface area contributed by atoms with Gasteiger partial charge >= 0.3 is 0 Å². The lowest BCUT2D eigenvalue weighted by Crippen LogP contribution is -2.26. The van der Waals surface area contributed by atoms with Crippen molar-refractivity contribution in [3.05, 3.63) is 41.7 Å². The standard InChI is InChI=1S/C14H20N2/c1-2-3-4-10-15-13-9-5-7-12-8-6-11-16-14(12)13/h2-3,6,8,11,13,15H,4-5,7,9-10H2,1H3/b3-2+. The molecule has 1 unspecified atom stereocenters. The first-order valence-electron chi connectivity index (χ1n) is 6.20. The van der Waals surface area contributed by atoms with Gasteiger partial charge in [0.05, 0.1) is 5.69 Å². The first-order valence-corrected chi connectivity index (χ1v) is 6.20. The Morgan fingerprint density at radius 2 is 2.50 bits per heavy atom. The summed E-state index contributed by atoms with van der Waals surface area (Å²) in [6.07, 6.45) is 11.0. The van der Waals surface area contributed by atoms with Gasteiger partial charge in [-0.25, -0.2) is 0 Å². The Morgan fingerprint density at radius 1 is 1.56 bits per heavy atom. The smallest absolute Gasteiger partial charge is 0.0605 e. The second kappa shape index (κ2) is 5.80. The predicted octanol–water partition coefficient (Wildman–Crippen LogP) is 3.01. The van der Waals surface area contributed by atoms with E-state index in [4.69, 9.17) is 0 Å². The molecule has 1 aromatic heterocycles. The van der Waals surface area contributed by atoms with Crippen molar-refractivity contribution in [2.75, 3.05) is 6.54 Å². The number of nitrogens with zero attached hydrogens (tertiary/aromatic N) is 1. The minimum Gasteiger partial charge on any atom is -0.308 e. The van der Waals surface area contributed by atoms with Crippen LogP contribution in [0.1, 0.15) is 43.5 Å². The quantitative estimate of drug-likeness (QED) is 0.618. The van der Waals surface area contributed by atoms with Gasteiger partial charge in [0.1, 0.15) is 0 Å². The van der Waals surface area contributed by atoms with E-state index in [0.29, 0.717) is 6.04 Å². The van der Waals surface area contributed by atoms with Gasteiger partial charge in [-0.05, 0) is 50.8 Å². The van der Waals surface area contributed by atoms with Crippen LogP contribution in [-0.2, 0) is 6.42 Å². The van der Waals surface area contributed by atoms with E-state index in [0.717, 1.165) is 13.0 Å². The van der Waals surface area contributed by atoms with Gasteiger partial charge in [-0.2, -0.15) is 0 Å². The number of nitrogens with one attached hydrogen (secondary N) is 1.